The molecule has 2 aromatic rings. The number of aliphatic imine (C=N–C) groups is 1. The van der Waals surface area contributed by atoms with E-state index in [0.717, 1.165) is 0 Å². The Kier molecular flexibility index (Phi) is 3.20. The normalized spacial score (nSPS) is 14.7. The first-order valence-electron chi connectivity index (χ1n) is 6.39. The molecule has 0 spiro atoms. The van der Waals surface area contributed by atoms with E-state index in [2.05, 4.69) is 4.99 Å². The zero-order valence-corrected chi connectivity index (χ0v) is 11.0. The third-order valence-electron chi connectivity index (χ3n) is 3.23. The number of carbonyl (C=O) groups excluding carboxylic acids is 2. The number of aliphatic hydroxyl groups is 1. The molecule has 0 radical (unpaired) electrons. The van der Waals surface area contributed by atoms with Crippen LogP contribution in [-0.2, 0) is 4.79 Å². The van der Waals surface area contributed by atoms with Gasteiger partial charge >= 0.3 is 0 Å². The third kappa shape index (κ3) is 2.27. The van der Waals surface area contributed by atoms with Gasteiger partial charge in [-0.25, -0.2) is 0 Å². The van der Waals surface area contributed by atoms with Gasteiger partial charge in [-0.2, -0.15) is 0 Å². The fraction of sp³-hybridized carbons (Fsp3) is 0. The third-order valence-corrected chi connectivity index (χ3v) is 3.23. The van der Waals surface area contributed by atoms with Gasteiger partial charge in [0, 0.05) is 17.3 Å². The summed E-state index contributed by atoms with van der Waals surface area (Å²) >= 11 is 0. The van der Waals surface area contributed by atoms with E-state index in [9.17, 15) is 14.7 Å². The van der Waals surface area contributed by atoms with Gasteiger partial charge in [-0.15, -0.1) is 0 Å². The number of Topliss-reactive ketones (excluding diaryl/α,β-unsaturated/α-hetero) is 2. The Bertz CT molecular complexity index is 789. The molecule has 4 nitrogen and oxygen atoms in total. The number of ketones is 2. The van der Waals surface area contributed by atoms with E-state index in [1.165, 1.54) is 12.3 Å². The molecule has 0 saturated carbocycles. The number of rotatable bonds is 2. The molecule has 0 fully saturated rings. The summed E-state index contributed by atoms with van der Waals surface area (Å²) in [5.41, 5.74) is 1.13. The molecule has 1 N–H and O–H groups in total. The minimum Gasteiger partial charge on any atom is -0.506 e. The van der Waals surface area contributed by atoms with Crippen molar-refractivity contribution in [1.29, 1.82) is 0 Å². The molecule has 2 aromatic carbocycles. The van der Waals surface area contributed by atoms with Crippen molar-refractivity contribution in [2.75, 3.05) is 0 Å². The lowest BCUT2D eigenvalue weighted by Gasteiger charge is -2.15. The van der Waals surface area contributed by atoms with Crippen LogP contribution in [0.5, 0.6) is 0 Å². The maximum absolute atomic E-state index is 12.1. The Hall–Kier alpha value is -3.01. The second-order valence-corrected chi connectivity index (χ2v) is 4.56. The molecule has 102 valence electrons. The van der Waals surface area contributed by atoms with Crippen LogP contribution in [0.4, 0.5) is 5.69 Å². The maximum atomic E-state index is 12.1. The highest BCUT2D eigenvalue weighted by molar-refractivity contribution is 6.56. The smallest absolute Gasteiger partial charge is 0.238 e. The molecule has 0 aromatic heterocycles. The van der Waals surface area contributed by atoms with Gasteiger partial charge in [0.15, 0.2) is 0 Å². The average Bonchev–Trinajstić information content (AvgIpc) is 2.54. The molecular formula is C17H11NO3. The Morgan fingerprint density at radius 1 is 0.810 bits per heavy atom. The van der Waals surface area contributed by atoms with Gasteiger partial charge in [0.05, 0.1) is 11.3 Å². The first-order valence-corrected chi connectivity index (χ1v) is 6.39. The highest BCUT2D eigenvalue weighted by Crippen LogP contribution is 2.27. The standard InChI is InChI=1S/C17H11NO3/c19-15-12-8-4-5-9-13(12)16(20)17(21)14(15)10-18-11-6-2-1-3-7-11/h1-10,19H. The van der Waals surface area contributed by atoms with Crippen LogP contribution in [0.2, 0.25) is 0 Å². The summed E-state index contributed by atoms with van der Waals surface area (Å²) in [4.78, 5) is 28.2. The number of aliphatic hydroxyl groups excluding tert-OH is 1. The van der Waals surface area contributed by atoms with E-state index in [1.807, 2.05) is 18.2 Å². The average molecular weight is 277 g/mol. The van der Waals surface area contributed by atoms with E-state index >= 15 is 0 Å². The van der Waals surface area contributed by atoms with Crippen molar-refractivity contribution in [3.63, 3.8) is 0 Å². The molecule has 1 aliphatic rings. The predicted octanol–water partition coefficient (Wildman–Crippen LogP) is 3.12. The Morgan fingerprint density at radius 2 is 1.43 bits per heavy atom. The quantitative estimate of drug-likeness (QED) is 0.677. The predicted molar refractivity (Wildman–Crippen MR) is 79.9 cm³/mol. The zero-order chi connectivity index (χ0) is 14.8. The topological polar surface area (TPSA) is 66.7 Å². The molecule has 4 heteroatoms. The Morgan fingerprint density at radius 3 is 2.14 bits per heavy atom. The summed E-state index contributed by atoms with van der Waals surface area (Å²) < 4.78 is 0. The highest BCUT2D eigenvalue weighted by Gasteiger charge is 2.31. The number of hydrogen-bond donors (Lipinski definition) is 1. The van der Waals surface area contributed by atoms with Gasteiger partial charge < -0.3 is 5.11 Å². The Balaban J connectivity index is 2.07. The van der Waals surface area contributed by atoms with E-state index < -0.39 is 11.6 Å². The van der Waals surface area contributed by atoms with Crippen LogP contribution in [0.15, 0.2) is 65.2 Å². The molecule has 0 saturated heterocycles. The number of fused-ring (bicyclic) bond motifs is 1. The lowest BCUT2D eigenvalue weighted by atomic mass is 9.89. The fourth-order valence-electron chi connectivity index (χ4n) is 2.16. The monoisotopic (exact) mass is 277 g/mol. The van der Waals surface area contributed by atoms with Crippen molar-refractivity contribution in [3.05, 3.63) is 71.3 Å². The van der Waals surface area contributed by atoms with Crippen molar-refractivity contribution < 1.29 is 14.7 Å². The number of benzene rings is 2. The van der Waals surface area contributed by atoms with Gasteiger partial charge in [0.2, 0.25) is 11.6 Å². The molecule has 3 rings (SSSR count). The molecule has 0 aliphatic heterocycles. The van der Waals surface area contributed by atoms with E-state index in [4.69, 9.17) is 0 Å². The first-order chi connectivity index (χ1) is 10.2. The van der Waals surface area contributed by atoms with Gasteiger partial charge in [0.1, 0.15) is 5.76 Å². The van der Waals surface area contributed by atoms with Crippen molar-refractivity contribution >= 4 is 29.2 Å². The van der Waals surface area contributed by atoms with Crippen LogP contribution in [0.1, 0.15) is 15.9 Å². The number of hydrogen-bond acceptors (Lipinski definition) is 4. The van der Waals surface area contributed by atoms with Crippen LogP contribution < -0.4 is 0 Å². The summed E-state index contributed by atoms with van der Waals surface area (Å²) in [6.45, 7) is 0. The van der Waals surface area contributed by atoms with Gasteiger partial charge in [-0.05, 0) is 12.1 Å². The summed E-state index contributed by atoms with van der Waals surface area (Å²) in [5.74, 6) is -1.58. The minimum atomic E-state index is -0.745. The molecule has 0 bridgehead atoms. The van der Waals surface area contributed by atoms with Crippen LogP contribution in [0.3, 0.4) is 0 Å². The fourth-order valence-corrected chi connectivity index (χ4v) is 2.16. The van der Waals surface area contributed by atoms with E-state index in [1.54, 1.807) is 30.3 Å². The van der Waals surface area contributed by atoms with Gasteiger partial charge in [-0.3, -0.25) is 14.6 Å². The molecule has 0 heterocycles. The van der Waals surface area contributed by atoms with Crippen molar-refractivity contribution in [3.8, 4) is 0 Å². The minimum absolute atomic E-state index is 0.0810. The SMILES string of the molecule is O=C1C(=O)c2ccccc2C(O)=C1C=Nc1ccccc1. The van der Waals surface area contributed by atoms with Crippen molar-refractivity contribution in [2.24, 2.45) is 4.99 Å². The summed E-state index contributed by atoms with van der Waals surface area (Å²) in [7, 11) is 0. The highest BCUT2D eigenvalue weighted by atomic mass is 16.3. The zero-order valence-electron chi connectivity index (χ0n) is 11.0. The number of allylic oxidation sites excluding steroid dienone is 1. The second-order valence-electron chi connectivity index (χ2n) is 4.56. The molecule has 1 aliphatic carbocycles. The van der Waals surface area contributed by atoms with E-state index in [0.29, 0.717) is 11.3 Å². The van der Waals surface area contributed by atoms with Crippen LogP contribution >= 0.6 is 0 Å². The summed E-state index contributed by atoms with van der Waals surface area (Å²) in [6, 6.07) is 15.5. The largest absolute Gasteiger partial charge is 0.506 e. The lowest BCUT2D eigenvalue weighted by molar-refractivity contribution is -0.111. The molecular weight excluding hydrogens is 266 g/mol. The second kappa shape index (κ2) is 5.17. The van der Waals surface area contributed by atoms with Crippen molar-refractivity contribution in [2.45, 2.75) is 0 Å². The van der Waals surface area contributed by atoms with Crippen LogP contribution in [0.25, 0.3) is 5.76 Å². The van der Waals surface area contributed by atoms with Gasteiger partial charge in [-0.1, -0.05) is 42.5 Å². The van der Waals surface area contributed by atoms with Crippen LogP contribution in [-0.4, -0.2) is 22.9 Å². The first kappa shape index (κ1) is 13.0. The number of nitrogens with zero attached hydrogens (tertiary/aromatic N) is 1. The van der Waals surface area contributed by atoms with E-state index in [-0.39, 0.29) is 16.9 Å². The molecule has 0 amide bonds. The lowest BCUT2D eigenvalue weighted by Crippen LogP contribution is -2.24. The van der Waals surface area contributed by atoms with Crippen molar-refractivity contribution in [1.82, 2.24) is 0 Å². The molecule has 0 atom stereocenters. The molecule has 0 unspecified atom stereocenters. The summed E-state index contributed by atoms with van der Waals surface area (Å²) in [5, 5.41) is 10.2. The van der Waals surface area contributed by atoms with Crippen LogP contribution in [0, 0.1) is 0 Å². The van der Waals surface area contributed by atoms with Gasteiger partial charge in [0.25, 0.3) is 0 Å². The maximum Gasteiger partial charge on any atom is 0.238 e. The summed E-state index contributed by atoms with van der Waals surface area (Å²) in [6.07, 6.45) is 1.24. The number of carbonyl (C=O) groups is 2. The number of para-hydroxylation sites is 1. The Labute approximate surface area is 121 Å². The molecule has 21 heavy (non-hydrogen) atoms.